The van der Waals surface area contributed by atoms with Crippen molar-refractivity contribution >= 4 is 15.7 Å². The molecule has 0 spiro atoms. The average Bonchev–Trinajstić information content (AvgIpc) is 2.83. The summed E-state index contributed by atoms with van der Waals surface area (Å²) < 4.78 is 33.1. The third kappa shape index (κ3) is 4.37. The van der Waals surface area contributed by atoms with Crippen molar-refractivity contribution in [2.24, 2.45) is 5.92 Å². The van der Waals surface area contributed by atoms with E-state index < -0.39 is 9.84 Å². The van der Waals surface area contributed by atoms with E-state index in [1.165, 1.54) is 0 Å². The topological polar surface area (TPSA) is 81.7 Å². The summed E-state index contributed by atoms with van der Waals surface area (Å²) in [5.41, 5.74) is 0.894. The van der Waals surface area contributed by atoms with Gasteiger partial charge in [0.1, 0.15) is 0 Å². The highest BCUT2D eigenvalue weighted by Crippen LogP contribution is 2.27. The van der Waals surface area contributed by atoms with E-state index in [4.69, 9.17) is 9.47 Å². The predicted molar refractivity (Wildman–Crippen MR) is 82.8 cm³/mol. The molecular weight excluding hydrogens is 306 g/mol. The number of methoxy groups -OCH3 is 2. The first kappa shape index (κ1) is 16.6. The molecule has 1 aliphatic rings. The molecule has 1 heterocycles. The molecule has 7 heteroatoms. The zero-order valence-corrected chi connectivity index (χ0v) is 13.6. The average molecular weight is 327 g/mol. The minimum absolute atomic E-state index is 0.0598. The molecular formula is C15H21NO5S. The summed E-state index contributed by atoms with van der Waals surface area (Å²) in [6.45, 7) is 0.374. The molecule has 0 aliphatic carbocycles. The van der Waals surface area contributed by atoms with Gasteiger partial charge in [-0.05, 0) is 30.0 Å². The van der Waals surface area contributed by atoms with Gasteiger partial charge >= 0.3 is 0 Å². The highest BCUT2D eigenvalue weighted by molar-refractivity contribution is 7.91. The normalized spacial score (nSPS) is 19.6. The van der Waals surface area contributed by atoms with E-state index in [0.717, 1.165) is 5.56 Å². The fraction of sp³-hybridized carbons (Fsp3) is 0.533. The van der Waals surface area contributed by atoms with E-state index in [9.17, 15) is 13.2 Å². The second-order valence-electron chi connectivity index (χ2n) is 5.44. The SMILES string of the molecule is COc1ccc(CNC(=O)C[C@H]2CCS(=O)(=O)C2)cc1OC. The van der Waals surface area contributed by atoms with E-state index in [1.807, 2.05) is 6.07 Å². The Morgan fingerprint density at radius 1 is 1.27 bits per heavy atom. The third-order valence-electron chi connectivity index (χ3n) is 3.74. The van der Waals surface area contributed by atoms with E-state index in [2.05, 4.69) is 5.32 Å². The first-order valence-electron chi connectivity index (χ1n) is 7.11. The lowest BCUT2D eigenvalue weighted by Crippen LogP contribution is -2.25. The molecule has 1 N–H and O–H groups in total. The lowest BCUT2D eigenvalue weighted by molar-refractivity contribution is -0.122. The molecule has 0 unspecified atom stereocenters. The first-order valence-corrected chi connectivity index (χ1v) is 8.93. The summed E-state index contributed by atoms with van der Waals surface area (Å²) in [5, 5.41) is 2.81. The summed E-state index contributed by atoms with van der Waals surface area (Å²) in [6.07, 6.45) is 0.832. The summed E-state index contributed by atoms with van der Waals surface area (Å²) in [6, 6.07) is 5.44. The quantitative estimate of drug-likeness (QED) is 0.847. The molecule has 22 heavy (non-hydrogen) atoms. The van der Waals surface area contributed by atoms with Crippen molar-refractivity contribution in [2.45, 2.75) is 19.4 Å². The number of carbonyl (C=O) groups excluding carboxylic acids is 1. The second kappa shape index (κ2) is 7.00. The molecule has 1 saturated heterocycles. The maximum Gasteiger partial charge on any atom is 0.220 e. The summed E-state index contributed by atoms with van der Waals surface area (Å²) in [7, 11) is 0.185. The lowest BCUT2D eigenvalue weighted by Gasteiger charge is -2.11. The van der Waals surface area contributed by atoms with Crippen LogP contribution in [0.15, 0.2) is 18.2 Å². The monoisotopic (exact) mass is 327 g/mol. The van der Waals surface area contributed by atoms with Gasteiger partial charge in [0.15, 0.2) is 21.3 Å². The second-order valence-corrected chi connectivity index (χ2v) is 7.67. The van der Waals surface area contributed by atoms with Crippen molar-refractivity contribution in [3.05, 3.63) is 23.8 Å². The number of nitrogens with one attached hydrogen (secondary N) is 1. The molecule has 1 aliphatic heterocycles. The van der Waals surface area contributed by atoms with Crippen LogP contribution in [0.4, 0.5) is 0 Å². The highest BCUT2D eigenvalue weighted by Gasteiger charge is 2.29. The Morgan fingerprint density at radius 3 is 2.59 bits per heavy atom. The molecule has 1 atom stereocenters. The zero-order chi connectivity index (χ0) is 16.2. The number of carbonyl (C=O) groups is 1. The fourth-order valence-corrected chi connectivity index (χ4v) is 4.42. The molecule has 2 rings (SSSR count). The summed E-state index contributed by atoms with van der Waals surface area (Å²) in [4.78, 5) is 11.9. The van der Waals surface area contributed by atoms with Gasteiger partial charge in [0.25, 0.3) is 0 Å². The number of amides is 1. The molecule has 1 aromatic rings. The number of hydrogen-bond acceptors (Lipinski definition) is 5. The standard InChI is InChI=1S/C15H21NO5S/c1-20-13-4-3-11(7-14(13)21-2)9-16-15(17)8-12-5-6-22(18,19)10-12/h3-4,7,12H,5-6,8-10H2,1-2H3,(H,16,17)/t12-/m1/s1. The van der Waals surface area contributed by atoms with E-state index >= 15 is 0 Å². The third-order valence-corrected chi connectivity index (χ3v) is 5.58. The molecule has 0 bridgehead atoms. The van der Waals surface area contributed by atoms with Crippen LogP contribution in [0.25, 0.3) is 0 Å². The maximum absolute atomic E-state index is 11.9. The molecule has 1 amide bonds. The van der Waals surface area contributed by atoms with Crippen molar-refractivity contribution in [1.82, 2.24) is 5.32 Å². The maximum atomic E-state index is 11.9. The Balaban J connectivity index is 1.86. The van der Waals surface area contributed by atoms with Crippen LogP contribution < -0.4 is 14.8 Å². The van der Waals surface area contributed by atoms with E-state index in [0.29, 0.717) is 24.5 Å². The van der Waals surface area contributed by atoms with Gasteiger partial charge in [-0.3, -0.25) is 4.79 Å². The molecule has 1 fully saturated rings. The minimum Gasteiger partial charge on any atom is -0.493 e. The van der Waals surface area contributed by atoms with Gasteiger partial charge in [-0.15, -0.1) is 0 Å². The van der Waals surface area contributed by atoms with Gasteiger partial charge in [0, 0.05) is 13.0 Å². The molecule has 0 aromatic heterocycles. The van der Waals surface area contributed by atoms with Crippen LogP contribution in [0.2, 0.25) is 0 Å². The molecule has 0 radical (unpaired) electrons. The molecule has 6 nitrogen and oxygen atoms in total. The van der Waals surface area contributed by atoms with Crippen molar-refractivity contribution in [2.75, 3.05) is 25.7 Å². The fourth-order valence-electron chi connectivity index (χ4n) is 2.56. The minimum atomic E-state index is -2.94. The van der Waals surface area contributed by atoms with Crippen LogP contribution in [0.3, 0.4) is 0 Å². The Bertz CT molecular complexity index is 641. The van der Waals surface area contributed by atoms with Crippen LogP contribution in [-0.4, -0.2) is 40.1 Å². The predicted octanol–water partition coefficient (Wildman–Crippen LogP) is 1.14. The van der Waals surface area contributed by atoms with Gasteiger partial charge in [-0.1, -0.05) is 6.07 Å². The molecule has 1 aromatic carbocycles. The zero-order valence-electron chi connectivity index (χ0n) is 12.8. The van der Waals surface area contributed by atoms with Gasteiger partial charge in [0.05, 0.1) is 25.7 Å². The van der Waals surface area contributed by atoms with Crippen molar-refractivity contribution in [3.8, 4) is 11.5 Å². The largest absolute Gasteiger partial charge is 0.493 e. The molecule has 122 valence electrons. The number of ether oxygens (including phenoxy) is 2. The van der Waals surface area contributed by atoms with E-state index in [-0.39, 0.29) is 29.8 Å². The number of sulfone groups is 1. The summed E-state index contributed by atoms with van der Waals surface area (Å²) >= 11 is 0. The van der Waals surface area contributed by atoms with E-state index in [1.54, 1.807) is 26.4 Å². The molecule has 0 saturated carbocycles. The van der Waals surface area contributed by atoms with Crippen molar-refractivity contribution in [3.63, 3.8) is 0 Å². The first-order chi connectivity index (χ1) is 10.4. The van der Waals surface area contributed by atoms with Gasteiger partial charge in [-0.2, -0.15) is 0 Å². The Morgan fingerprint density at radius 2 is 2.00 bits per heavy atom. The van der Waals surface area contributed by atoms with Crippen LogP contribution in [0.5, 0.6) is 11.5 Å². The van der Waals surface area contributed by atoms with Gasteiger partial charge < -0.3 is 14.8 Å². The Hall–Kier alpha value is -1.76. The van der Waals surface area contributed by atoms with Gasteiger partial charge in [-0.25, -0.2) is 8.42 Å². The van der Waals surface area contributed by atoms with Gasteiger partial charge in [0.2, 0.25) is 5.91 Å². The van der Waals surface area contributed by atoms with Crippen LogP contribution >= 0.6 is 0 Å². The number of hydrogen-bond donors (Lipinski definition) is 1. The lowest BCUT2D eigenvalue weighted by atomic mass is 10.0. The Kier molecular flexibility index (Phi) is 5.28. The van der Waals surface area contributed by atoms with Crippen molar-refractivity contribution in [1.29, 1.82) is 0 Å². The summed E-state index contributed by atoms with van der Waals surface area (Å²) in [5.74, 6) is 1.37. The highest BCUT2D eigenvalue weighted by atomic mass is 32.2. The Labute approximate surface area is 130 Å². The van der Waals surface area contributed by atoms with Crippen molar-refractivity contribution < 1.29 is 22.7 Å². The van der Waals surface area contributed by atoms with Crippen LogP contribution in [0, 0.1) is 5.92 Å². The number of rotatable bonds is 6. The smallest absolute Gasteiger partial charge is 0.220 e. The van der Waals surface area contributed by atoms with Crippen LogP contribution in [0.1, 0.15) is 18.4 Å². The number of benzene rings is 1. The van der Waals surface area contributed by atoms with Crippen LogP contribution in [-0.2, 0) is 21.2 Å².